The predicted octanol–water partition coefficient (Wildman–Crippen LogP) is 2.56. The molecular formula is C10H11ClO3. The van der Waals surface area contributed by atoms with Gasteiger partial charge in [-0.3, -0.25) is 4.79 Å². The molecule has 0 N–H and O–H groups in total. The number of hydrogen-bond acceptors (Lipinski definition) is 3. The summed E-state index contributed by atoms with van der Waals surface area (Å²) in [6.45, 7) is 1.45. The number of hydrogen-bond donors (Lipinski definition) is 0. The molecule has 0 saturated heterocycles. The SMILES string of the molecule is COc1cc(Cl)c(C(C)=O)cc1OC. The van der Waals surface area contributed by atoms with E-state index in [9.17, 15) is 4.79 Å². The van der Waals surface area contributed by atoms with Crippen molar-refractivity contribution in [1.82, 2.24) is 0 Å². The predicted molar refractivity (Wildman–Crippen MR) is 54.6 cm³/mol. The van der Waals surface area contributed by atoms with Crippen molar-refractivity contribution in [2.45, 2.75) is 6.92 Å². The lowest BCUT2D eigenvalue weighted by molar-refractivity contribution is 0.101. The molecule has 0 fully saturated rings. The Labute approximate surface area is 87.6 Å². The number of rotatable bonds is 3. The third-order valence-corrected chi connectivity index (χ3v) is 2.17. The maximum atomic E-state index is 11.2. The first-order valence-corrected chi connectivity index (χ1v) is 4.40. The second-order valence-electron chi connectivity index (χ2n) is 2.74. The van der Waals surface area contributed by atoms with Crippen molar-refractivity contribution in [1.29, 1.82) is 0 Å². The molecule has 3 nitrogen and oxygen atoms in total. The van der Waals surface area contributed by atoms with E-state index in [0.29, 0.717) is 22.1 Å². The zero-order valence-corrected chi connectivity index (χ0v) is 9.01. The van der Waals surface area contributed by atoms with Crippen LogP contribution in [0, 0.1) is 0 Å². The highest BCUT2D eigenvalue weighted by molar-refractivity contribution is 6.34. The van der Waals surface area contributed by atoms with E-state index in [0.717, 1.165) is 0 Å². The van der Waals surface area contributed by atoms with Crippen molar-refractivity contribution in [3.05, 3.63) is 22.7 Å². The summed E-state index contributed by atoms with van der Waals surface area (Å²) in [4.78, 5) is 11.2. The molecule has 0 unspecified atom stereocenters. The summed E-state index contributed by atoms with van der Waals surface area (Å²) in [5, 5.41) is 0.371. The minimum atomic E-state index is -0.101. The van der Waals surface area contributed by atoms with E-state index in [4.69, 9.17) is 21.1 Å². The van der Waals surface area contributed by atoms with E-state index < -0.39 is 0 Å². The maximum Gasteiger partial charge on any atom is 0.162 e. The number of ether oxygens (including phenoxy) is 2. The molecule has 0 bridgehead atoms. The Kier molecular flexibility index (Phi) is 3.36. The van der Waals surface area contributed by atoms with E-state index in [1.54, 1.807) is 12.1 Å². The first-order chi connectivity index (χ1) is 6.60. The van der Waals surface area contributed by atoms with E-state index in [1.807, 2.05) is 0 Å². The number of carbonyl (C=O) groups is 1. The van der Waals surface area contributed by atoms with Gasteiger partial charge in [-0.1, -0.05) is 11.6 Å². The Hall–Kier alpha value is -1.22. The molecule has 1 aromatic rings. The van der Waals surface area contributed by atoms with Crippen LogP contribution >= 0.6 is 11.6 Å². The van der Waals surface area contributed by atoms with Gasteiger partial charge in [0.25, 0.3) is 0 Å². The molecule has 4 heteroatoms. The fourth-order valence-corrected chi connectivity index (χ4v) is 1.41. The van der Waals surface area contributed by atoms with Gasteiger partial charge in [-0.25, -0.2) is 0 Å². The van der Waals surface area contributed by atoms with Crippen LogP contribution in [0.25, 0.3) is 0 Å². The fourth-order valence-electron chi connectivity index (χ4n) is 1.12. The minimum absolute atomic E-state index is 0.101. The minimum Gasteiger partial charge on any atom is -0.493 e. The molecule has 0 radical (unpaired) electrons. The molecule has 76 valence electrons. The van der Waals surface area contributed by atoms with E-state index >= 15 is 0 Å². The van der Waals surface area contributed by atoms with Crippen LogP contribution in [0.5, 0.6) is 11.5 Å². The van der Waals surface area contributed by atoms with Crippen LogP contribution < -0.4 is 9.47 Å². The number of methoxy groups -OCH3 is 2. The van der Waals surface area contributed by atoms with Crippen LogP contribution in [0.3, 0.4) is 0 Å². The van der Waals surface area contributed by atoms with Crippen molar-refractivity contribution in [2.75, 3.05) is 14.2 Å². The second-order valence-corrected chi connectivity index (χ2v) is 3.15. The Balaban J connectivity index is 3.30. The van der Waals surface area contributed by atoms with Gasteiger partial charge in [-0.15, -0.1) is 0 Å². The average Bonchev–Trinajstić information content (AvgIpc) is 2.16. The van der Waals surface area contributed by atoms with Crippen LogP contribution in [0.2, 0.25) is 5.02 Å². The monoisotopic (exact) mass is 214 g/mol. The lowest BCUT2D eigenvalue weighted by atomic mass is 10.1. The molecule has 1 rings (SSSR count). The van der Waals surface area contributed by atoms with Crippen molar-refractivity contribution in [2.24, 2.45) is 0 Å². The summed E-state index contributed by atoms with van der Waals surface area (Å²) in [5.74, 6) is 0.917. The third-order valence-electron chi connectivity index (χ3n) is 1.85. The van der Waals surface area contributed by atoms with Gasteiger partial charge in [0.15, 0.2) is 17.3 Å². The van der Waals surface area contributed by atoms with Crippen LogP contribution in [0.15, 0.2) is 12.1 Å². The Bertz CT molecular complexity index is 361. The summed E-state index contributed by atoms with van der Waals surface area (Å²) in [5.41, 5.74) is 0.435. The number of carbonyl (C=O) groups excluding carboxylic acids is 1. The topological polar surface area (TPSA) is 35.5 Å². The Morgan fingerprint density at radius 1 is 1.21 bits per heavy atom. The summed E-state index contributed by atoms with van der Waals surface area (Å²) < 4.78 is 10.1. The number of Topliss-reactive ketones (excluding diaryl/α,β-unsaturated/α-hetero) is 1. The Morgan fingerprint density at radius 3 is 2.14 bits per heavy atom. The van der Waals surface area contributed by atoms with Gasteiger partial charge >= 0.3 is 0 Å². The van der Waals surface area contributed by atoms with Crippen LogP contribution in [0.4, 0.5) is 0 Å². The molecule has 0 heterocycles. The number of halogens is 1. The average molecular weight is 215 g/mol. The zero-order chi connectivity index (χ0) is 10.7. The smallest absolute Gasteiger partial charge is 0.162 e. The van der Waals surface area contributed by atoms with E-state index in [-0.39, 0.29) is 5.78 Å². The fraction of sp³-hybridized carbons (Fsp3) is 0.300. The number of ketones is 1. The molecular weight excluding hydrogens is 204 g/mol. The van der Waals surface area contributed by atoms with Crippen molar-refractivity contribution < 1.29 is 14.3 Å². The van der Waals surface area contributed by atoms with Crippen LogP contribution in [0.1, 0.15) is 17.3 Å². The molecule has 0 amide bonds. The molecule has 0 aromatic heterocycles. The first-order valence-electron chi connectivity index (χ1n) is 4.02. The molecule has 1 aromatic carbocycles. The van der Waals surface area contributed by atoms with Gasteiger partial charge in [0.05, 0.1) is 19.2 Å². The molecule has 0 saturated carbocycles. The summed E-state index contributed by atoms with van der Waals surface area (Å²) in [6, 6.07) is 3.14. The highest BCUT2D eigenvalue weighted by Crippen LogP contribution is 2.33. The first kappa shape index (κ1) is 10.9. The molecule has 0 aliphatic heterocycles. The molecule has 0 atom stereocenters. The van der Waals surface area contributed by atoms with Crippen molar-refractivity contribution in [3.63, 3.8) is 0 Å². The summed E-state index contributed by atoms with van der Waals surface area (Å²) in [6.07, 6.45) is 0. The van der Waals surface area contributed by atoms with Gasteiger partial charge in [0.2, 0.25) is 0 Å². The normalized spacial score (nSPS) is 9.71. The summed E-state index contributed by atoms with van der Waals surface area (Å²) in [7, 11) is 3.03. The standard InChI is InChI=1S/C10H11ClO3/c1-6(12)7-4-9(13-2)10(14-3)5-8(7)11/h4-5H,1-3H3. The second kappa shape index (κ2) is 4.33. The number of benzene rings is 1. The molecule has 0 aliphatic carbocycles. The Morgan fingerprint density at radius 2 is 1.71 bits per heavy atom. The molecule has 0 aliphatic rings. The third kappa shape index (κ3) is 1.99. The van der Waals surface area contributed by atoms with Gasteiger partial charge < -0.3 is 9.47 Å². The highest BCUT2D eigenvalue weighted by Gasteiger charge is 2.12. The van der Waals surface area contributed by atoms with Crippen molar-refractivity contribution >= 4 is 17.4 Å². The van der Waals surface area contributed by atoms with Crippen LogP contribution in [-0.2, 0) is 0 Å². The quantitative estimate of drug-likeness (QED) is 0.726. The van der Waals surface area contributed by atoms with Gasteiger partial charge in [0, 0.05) is 11.6 Å². The maximum absolute atomic E-state index is 11.2. The van der Waals surface area contributed by atoms with E-state index in [1.165, 1.54) is 21.1 Å². The van der Waals surface area contributed by atoms with Gasteiger partial charge in [0.1, 0.15) is 0 Å². The van der Waals surface area contributed by atoms with Gasteiger partial charge in [-0.05, 0) is 13.0 Å². The largest absolute Gasteiger partial charge is 0.493 e. The zero-order valence-electron chi connectivity index (χ0n) is 8.26. The summed E-state index contributed by atoms with van der Waals surface area (Å²) >= 11 is 5.88. The van der Waals surface area contributed by atoms with E-state index in [2.05, 4.69) is 0 Å². The van der Waals surface area contributed by atoms with Gasteiger partial charge in [-0.2, -0.15) is 0 Å². The lowest BCUT2D eigenvalue weighted by Gasteiger charge is -2.09. The highest BCUT2D eigenvalue weighted by atomic mass is 35.5. The van der Waals surface area contributed by atoms with Crippen molar-refractivity contribution in [3.8, 4) is 11.5 Å². The van der Waals surface area contributed by atoms with Crippen LogP contribution in [-0.4, -0.2) is 20.0 Å². The molecule has 14 heavy (non-hydrogen) atoms. The molecule has 0 spiro atoms. The lowest BCUT2D eigenvalue weighted by Crippen LogP contribution is -1.97.